The molecule has 4 heterocycles. The van der Waals surface area contributed by atoms with Crippen LogP contribution in [0.1, 0.15) is 35.1 Å². The third kappa shape index (κ3) is 2.67. The number of anilines is 1. The van der Waals surface area contributed by atoms with E-state index in [0.29, 0.717) is 23.1 Å². The Hall–Kier alpha value is -2.67. The minimum absolute atomic E-state index is 0.183. The maximum Gasteiger partial charge on any atom is 0.274 e. The molecule has 124 valence electrons. The van der Waals surface area contributed by atoms with Crippen molar-refractivity contribution >= 4 is 17.2 Å². The summed E-state index contributed by atoms with van der Waals surface area (Å²) in [6.07, 6.45) is 7.30. The third-order valence-corrected chi connectivity index (χ3v) is 4.34. The van der Waals surface area contributed by atoms with Gasteiger partial charge < -0.3 is 10.1 Å². The van der Waals surface area contributed by atoms with E-state index in [2.05, 4.69) is 15.4 Å². The lowest BCUT2D eigenvalue weighted by molar-refractivity contribution is 0.0662. The van der Waals surface area contributed by atoms with E-state index in [1.54, 1.807) is 10.6 Å². The first-order valence-corrected chi connectivity index (χ1v) is 8.09. The summed E-state index contributed by atoms with van der Waals surface area (Å²) < 4.78 is 9.09. The summed E-state index contributed by atoms with van der Waals surface area (Å²) in [5.41, 5.74) is 2.70. The van der Waals surface area contributed by atoms with Gasteiger partial charge in [-0.25, -0.2) is 4.98 Å². The standard InChI is InChI=1S/C17H19N5O2/c1-12-16(21-7-3-2-4-15(21)19-12)17(23)20-13-10-18-22(11-13)14-5-8-24-9-6-14/h2-4,7,10-11,14H,5-6,8-9H2,1H3,(H,20,23). The van der Waals surface area contributed by atoms with Crippen molar-refractivity contribution in [1.82, 2.24) is 19.2 Å². The first kappa shape index (κ1) is 14.9. The minimum Gasteiger partial charge on any atom is -0.381 e. The molecule has 24 heavy (non-hydrogen) atoms. The summed E-state index contributed by atoms with van der Waals surface area (Å²) in [5.74, 6) is -0.183. The van der Waals surface area contributed by atoms with Gasteiger partial charge in [0.2, 0.25) is 0 Å². The van der Waals surface area contributed by atoms with Gasteiger partial charge in [-0.2, -0.15) is 5.10 Å². The molecule has 4 rings (SSSR count). The highest BCUT2D eigenvalue weighted by Gasteiger charge is 2.19. The van der Waals surface area contributed by atoms with Gasteiger partial charge >= 0.3 is 0 Å². The molecule has 0 bridgehead atoms. The van der Waals surface area contributed by atoms with Gasteiger partial charge in [-0.1, -0.05) is 6.07 Å². The second-order valence-electron chi connectivity index (χ2n) is 5.98. The summed E-state index contributed by atoms with van der Waals surface area (Å²) >= 11 is 0. The van der Waals surface area contributed by atoms with Gasteiger partial charge in [-0.05, 0) is 31.9 Å². The number of nitrogens with zero attached hydrogens (tertiary/aromatic N) is 4. The zero-order valence-electron chi connectivity index (χ0n) is 13.5. The Morgan fingerprint density at radius 2 is 2.17 bits per heavy atom. The zero-order valence-corrected chi connectivity index (χ0v) is 13.5. The Balaban J connectivity index is 1.55. The average Bonchev–Trinajstić information content (AvgIpc) is 3.19. The molecule has 0 atom stereocenters. The Labute approximate surface area is 139 Å². The lowest BCUT2D eigenvalue weighted by Crippen LogP contribution is -2.20. The van der Waals surface area contributed by atoms with E-state index in [1.807, 2.05) is 42.2 Å². The van der Waals surface area contributed by atoms with Crippen LogP contribution in [0.2, 0.25) is 0 Å². The molecule has 0 saturated carbocycles. The molecule has 1 amide bonds. The topological polar surface area (TPSA) is 73.5 Å². The largest absolute Gasteiger partial charge is 0.381 e. The molecule has 1 aliphatic rings. The summed E-state index contributed by atoms with van der Waals surface area (Å²) in [4.78, 5) is 17.1. The van der Waals surface area contributed by atoms with E-state index in [4.69, 9.17) is 4.74 Å². The molecular formula is C17H19N5O2. The highest BCUT2D eigenvalue weighted by molar-refractivity contribution is 6.04. The number of aryl methyl sites for hydroxylation is 1. The normalized spacial score (nSPS) is 15.7. The van der Waals surface area contributed by atoms with Crippen molar-refractivity contribution in [2.75, 3.05) is 18.5 Å². The smallest absolute Gasteiger partial charge is 0.274 e. The van der Waals surface area contributed by atoms with Crippen LogP contribution in [0, 0.1) is 6.92 Å². The average molecular weight is 325 g/mol. The number of nitrogens with one attached hydrogen (secondary N) is 1. The van der Waals surface area contributed by atoms with Crippen molar-refractivity contribution in [1.29, 1.82) is 0 Å². The predicted molar refractivity (Wildman–Crippen MR) is 89.2 cm³/mol. The van der Waals surface area contributed by atoms with Crippen molar-refractivity contribution in [2.45, 2.75) is 25.8 Å². The van der Waals surface area contributed by atoms with Crippen molar-refractivity contribution in [3.8, 4) is 0 Å². The number of fused-ring (bicyclic) bond motifs is 1. The van der Waals surface area contributed by atoms with Crippen LogP contribution < -0.4 is 5.32 Å². The molecule has 1 fully saturated rings. The first-order chi connectivity index (χ1) is 11.7. The SMILES string of the molecule is Cc1nc2ccccn2c1C(=O)Nc1cnn(C2CCOCC2)c1. The highest BCUT2D eigenvalue weighted by atomic mass is 16.5. The number of ether oxygens (including phenoxy) is 1. The lowest BCUT2D eigenvalue weighted by Gasteiger charge is -2.22. The number of aromatic nitrogens is 4. The van der Waals surface area contributed by atoms with Crippen LogP contribution >= 0.6 is 0 Å². The van der Waals surface area contributed by atoms with Gasteiger partial charge in [0, 0.05) is 25.6 Å². The maximum absolute atomic E-state index is 12.7. The summed E-state index contributed by atoms with van der Waals surface area (Å²) in [6.45, 7) is 3.35. The number of carbonyl (C=O) groups excluding carboxylic acids is 1. The van der Waals surface area contributed by atoms with Gasteiger partial charge in [-0.15, -0.1) is 0 Å². The molecule has 7 nitrogen and oxygen atoms in total. The van der Waals surface area contributed by atoms with Gasteiger partial charge in [-0.3, -0.25) is 13.9 Å². The Bertz CT molecular complexity index is 876. The third-order valence-electron chi connectivity index (χ3n) is 4.34. The molecule has 3 aromatic heterocycles. The van der Waals surface area contributed by atoms with Crippen molar-refractivity contribution < 1.29 is 9.53 Å². The van der Waals surface area contributed by atoms with Gasteiger partial charge in [0.25, 0.3) is 5.91 Å². The van der Waals surface area contributed by atoms with Gasteiger partial charge in [0.15, 0.2) is 0 Å². The van der Waals surface area contributed by atoms with Crippen molar-refractivity contribution in [2.24, 2.45) is 0 Å². The Morgan fingerprint density at radius 1 is 1.33 bits per heavy atom. The maximum atomic E-state index is 12.7. The molecule has 3 aromatic rings. The van der Waals surface area contributed by atoms with Crippen LogP contribution in [0.5, 0.6) is 0 Å². The molecule has 1 saturated heterocycles. The number of carbonyl (C=O) groups is 1. The number of rotatable bonds is 3. The van der Waals surface area contributed by atoms with Crippen LogP contribution in [-0.4, -0.2) is 38.3 Å². The molecule has 7 heteroatoms. The second-order valence-corrected chi connectivity index (χ2v) is 5.98. The molecular weight excluding hydrogens is 306 g/mol. The van der Waals surface area contributed by atoms with Crippen LogP contribution in [0.15, 0.2) is 36.8 Å². The fourth-order valence-electron chi connectivity index (χ4n) is 3.13. The van der Waals surface area contributed by atoms with E-state index in [0.717, 1.165) is 31.7 Å². The minimum atomic E-state index is -0.183. The van der Waals surface area contributed by atoms with E-state index in [9.17, 15) is 4.79 Å². The molecule has 0 radical (unpaired) electrons. The summed E-state index contributed by atoms with van der Waals surface area (Å²) in [5, 5.41) is 7.31. The monoisotopic (exact) mass is 325 g/mol. The van der Waals surface area contributed by atoms with E-state index in [-0.39, 0.29) is 5.91 Å². The number of hydrogen-bond donors (Lipinski definition) is 1. The predicted octanol–water partition coefficient (Wildman–Crippen LogP) is 2.44. The Morgan fingerprint density at radius 3 is 3.00 bits per heavy atom. The number of imidazole rings is 1. The fourth-order valence-corrected chi connectivity index (χ4v) is 3.13. The zero-order chi connectivity index (χ0) is 16.5. The summed E-state index contributed by atoms with van der Waals surface area (Å²) in [6, 6.07) is 6.00. The molecule has 1 N–H and O–H groups in total. The van der Waals surface area contributed by atoms with Crippen molar-refractivity contribution in [3.63, 3.8) is 0 Å². The van der Waals surface area contributed by atoms with Crippen LogP contribution in [0.4, 0.5) is 5.69 Å². The number of pyridine rings is 1. The molecule has 0 spiro atoms. The lowest BCUT2D eigenvalue weighted by atomic mass is 10.1. The second kappa shape index (κ2) is 6.09. The quantitative estimate of drug-likeness (QED) is 0.803. The Kier molecular flexibility index (Phi) is 3.78. The first-order valence-electron chi connectivity index (χ1n) is 8.09. The fraction of sp³-hybridized carbons (Fsp3) is 0.353. The molecule has 0 unspecified atom stereocenters. The van der Waals surface area contributed by atoms with Gasteiger partial charge in [0.05, 0.1) is 23.6 Å². The van der Waals surface area contributed by atoms with E-state index >= 15 is 0 Å². The van der Waals surface area contributed by atoms with Crippen LogP contribution in [-0.2, 0) is 4.74 Å². The number of hydrogen-bond acceptors (Lipinski definition) is 4. The molecule has 0 aliphatic carbocycles. The van der Waals surface area contributed by atoms with Crippen LogP contribution in [0.3, 0.4) is 0 Å². The van der Waals surface area contributed by atoms with E-state index < -0.39 is 0 Å². The van der Waals surface area contributed by atoms with E-state index in [1.165, 1.54) is 0 Å². The highest BCUT2D eigenvalue weighted by Crippen LogP contribution is 2.22. The summed E-state index contributed by atoms with van der Waals surface area (Å²) in [7, 11) is 0. The van der Waals surface area contributed by atoms with Gasteiger partial charge in [0.1, 0.15) is 11.3 Å². The molecule has 0 aromatic carbocycles. The molecule has 1 aliphatic heterocycles. The number of amides is 1. The van der Waals surface area contributed by atoms with Crippen LogP contribution in [0.25, 0.3) is 5.65 Å². The van der Waals surface area contributed by atoms with Crippen molar-refractivity contribution in [3.05, 3.63) is 48.2 Å².